The summed E-state index contributed by atoms with van der Waals surface area (Å²) in [5.74, 6) is 0.0498. The second-order valence-corrected chi connectivity index (χ2v) is 17.1. The molecule has 1 aliphatic carbocycles. The summed E-state index contributed by atoms with van der Waals surface area (Å²) in [6.45, 7) is 19.9. The maximum Gasteiger partial charge on any atom is 0.186 e. The zero-order valence-corrected chi connectivity index (χ0v) is 21.4. The summed E-state index contributed by atoms with van der Waals surface area (Å²) in [4.78, 5) is 13.3. The summed E-state index contributed by atoms with van der Waals surface area (Å²) in [6, 6.07) is 0. The molecule has 1 aliphatic rings. The van der Waals surface area contributed by atoms with E-state index < -0.39 is 14.3 Å². The molecule has 0 saturated carbocycles. The summed E-state index contributed by atoms with van der Waals surface area (Å²) in [5.41, 5.74) is 1.51. The van der Waals surface area contributed by atoms with Crippen molar-refractivity contribution in [2.24, 2.45) is 10.8 Å². The minimum absolute atomic E-state index is 0.0498. The van der Waals surface area contributed by atoms with Crippen LogP contribution in [0.5, 0.6) is 0 Å². The molecule has 28 heavy (non-hydrogen) atoms. The van der Waals surface area contributed by atoms with Gasteiger partial charge >= 0.3 is 0 Å². The van der Waals surface area contributed by atoms with Crippen molar-refractivity contribution < 1.29 is 13.9 Å². The molecule has 0 unspecified atom stereocenters. The van der Waals surface area contributed by atoms with E-state index in [2.05, 4.69) is 0 Å². The summed E-state index contributed by atoms with van der Waals surface area (Å²) in [7, 11) is -5.55. The quantitative estimate of drug-likeness (QED) is 0.412. The Morgan fingerprint density at radius 1 is 0.714 bits per heavy atom. The fourth-order valence-electron chi connectivity index (χ4n) is 3.72. The van der Waals surface area contributed by atoms with Gasteiger partial charge in [-0.05, 0) is 28.6 Å². The zero-order chi connectivity index (χ0) is 22.1. The molecule has 0 fully saturated rings. The lowest BCUT2D eigenvalue weighted by Gasteiger charge is -2.34. The highest BCUT2D eigenvalue weighted by Gasteiger charge is 2.41. The fraction of sp³-hybridized carbons (Fsp3) is 0.696. The first-order chi connectivity index (χ1) is 12.6. The van der Waals surface area contributed by atoms with Crippen molar-refractivity contribution in [2.75, 3.05) is 24.6 Å². The fourth-order valence-corrected chi connectivity index (χ4v) is 11.4. The maximum absolute atomic E-state index is 13.9. The minimum Gasteiger partial charge on any atom is -0.318 e. The highest BCUT2D eigenvalue weighted by Crippen LogP contribution is 2.72. The van der Waals surface area contributed by atoms with E-state index in [9.17, 15) is 13.9 Å². The summed E-state index contributed by atoms with van der Waals surface area (Å²) >= 11 is 0. The van der Waals surface area contributed by atoms with Gasteiger partial charge in [0.25, 0.3) is 0 Å². The molecule has 0 aliphatic heterocycles. The van der Waals surface area contributed by atoms with Gasteiger partial charge in [0.1, 0.15) is 14.3 Å². The Morgan fingerprint density at radius 3 is 1.21 bits per heavy atom. The van der Waals surface area contributed by atoms with E-state index in [4.69, 9.17) is 0 Å². The lowest BCUT2D eigenvalue weighted by atomic mass is 9.72. The summed E-state index contributed by atoms with van der Waals surface area (Å²) < 4.78 is 27.9. The van der Waals surface area contributed by atoms with Crippen LogP contribution < -0.4 is 0 Å². The van der Waals surface area contributed by atoms with E-state index in [1.807, 2.05) is 81.4 Å². The van der Waals surface area contributed by atoms with Crippen LogP contribution in [0.4, 0.5) is 0 Å². The van der Waals surface area contributed by atoms with Crippen LogP contribution in [0.1, 0.15) is 69.2 Å². The molecular weight excluding hydrogens is 386 g/mol. The molecule has 0 aromatic rings. The van der Waals surface area contributed by atoms with E-state index in [0.29, 0.717) is 40.8 Å². The van der Waals surface area contributed by atoms with Crippen molar-refractivity contribution in [2.45, 2.75) is 69.2 Å². The highest BCUT2D eigenvalue weighted by atomic mass is 31.2. The number of hydrogen-bond donors (Lipinski definition) is 0. The van der Waals surface area contributed by atoms with E-state index in [0.717, 1.165) is 5.57 Å². The van der Waals surface area contributed by atoms with Crippen LogP contribution in [0.15, 0.2) is 33.9 Å². The van der Waals surface area contributed by atoms with Crippen molar-refractivity contribution in [3.05, 3.63) is 33.9 Å². The molecule has 0 saturated heterocycles. The topological polar surface area (TPSA) is 51.2 Å². The largest absolute Gasteiger partial charge is 0.318 e. The lowest BCUT2D eigenvalue weighted by molar-refractivity contribution is -0.114. The Bertz CT molecular complexity index is 732. The second kappa shape index (κ2) is 8.61. The van der Waals surface area contributed by atoms with Gasteiger partial charge in [-0.3, -0.25) is 4.79 Å². The predicted molar refractivity (Wildman–Crippen MR) is 124 cm³/mol. The Kier molecular flexibility index (Phi) is 7.81. The van der Waals surface area contributed by atoms with Crippen molar-refractivity contribution in [1.29, 1.82) is 0 Å². The average molecular weight is 427 g/mol. The smallest absolute Gasteiger partial charge is 0.186 e. The van der Waals surface area contributed by atoms with Gasteiger partial charge in [0, 0.05) is 35.8 Å². The molecule has 0 atom stereocenters. The molecule has 160 valence electrons. The van der Waals surface area contributed by atoms with Gasteiger partial charge in [-0.15, -0.1) is 0 Å². The first-order valence-corrected chi connectivity index (χ1v) is 14.7. The van der Waals surface area contributed by atoms with Crippen molar-refractivity contribution >= 4 is 20.1 Å². The molecule has 0 aromatic carbocycles. The van der Waals surface area contributed by atoms with E-state index in [-0.39, 0.29) is 16.6 Å². The van der Waals surface area contributed by atoms with Gasteiger partial charge in [0.15, 0.2) is 5.78 Å². The van der Waals surface area contributed by atoms with Crippen LogP contribution in [-0.2, 0) is 13.9 Å². The summed E-state index contributed by atoms with van der Waals surface area (Å²) in [5, 5.41) is 0.658. The van der Waals surface area contributed by atoms with E-state index in [1.165, 1.54) is 0 Å². The highest BCUT2D eigenvalue weighted by molar-refractivity contribution is 7.87. The maximum atomic E-state index is 13.9. The number of hydrogen-bond acceptors (Lipinski definition) is 3. The third-order valence-electron chi connectivity index (χ3n) is 5.78. The normalized spacial score (nSPS) is 16.8. The Morgan fingerprint density at radius 2 is 1.00 bits per heavy atom. The molecule has 0 radical (unpaired) electrons. The van der Waals surface area contributed by atoms with Crippen LogP contribution >= 0.6 is 14.3 Å². The molecule has 3 nitrogen and oxygen atoms in total. The number of carbonyl (C=O) groups excluding carboxylic acids is 1. The van der Waals surface area contributed by atoms with Crippen LogP contribution in [0.2, 0.25) is 0 Å². The van der Waals surface area contributed by atoms with Gasteiger partial charge in [-0.2, -0.15) is 0 Å². The first-order valence-electron chi connectivity index (χ1n) is 10.5. The molecule has 0 spiro atoms. The van der Waals surface area contributed by atoms with Crippen molar-refractivity contribution in [3.8, 4) is 0 Å². The van der Waals surface area contributed by atoms with Crippen molar-refractivity contribution in [1.82, 2.24) is 0 Å². The van der Waals surface area contributed by atoms with E-state index >= 15 is 0 Å². The predicted octanol–water partition coefficient (Wildman–Crippen LogP) is 7.53. The van der Waals surface area contributed by atoms with Crippen molar-refractivity contribution in [3.63, 3.8) is 0 Å². The summed E-state index contributed by atoms with van der Waals surface area (Å²) in [6.07, 6.45) is 5.77. The minimum atomic E-state index is -2.78. The van der Waals surface area contributed by atoms with Crippen LogP contribution in [0, 0.1) is 10.8 Å². The Balaban J connectivity index is 4.15. The molecule has 0 heterocycles. The molecule has 0 aromatic heterocycles. The Hall–Kier alpha value is -0.650. The molecule has 0 amide bonds. The molecule has 0 bridgehead atoms. The SMILES string of the molecule is CCP(=O)(CC)C(=C1C=C(C(C)(C)C)C(=O)C(C(C)(C)C)=C1)P(=O)(CC)CC. The van der Waals surface area contributed by atoms with Gasteiger partial charge < -0.3 is 9.13 Å². The first kappa shape index (κ1) is 25.4. The van der Waals surface area contributed by atoms with Gasteiger partial charge in [0.05, 0.1) is 5.06 Å². The molecular formula is C23H40O3P2. The Labute approximate surface area is 172 Å². The lowest BCUT2D eigenvalue weighted by Crippen LogP contribution is -2.28. The average Bonchev–Trinajstić information content (AvgIpc) is 2.60. The van der Waals surface area contributed by atoms with Crippen LogP contribution in [0.3, 0.4) is 0 Å². The van der Waals surface area contributed by atoms with Gasteiger partial charge in [-0.1, -0.05) is 69.2 Å². The number of allylic oxidation sites excluding steroid dienone is 5. The van der Waals surface area contributed by atoms with E-state index in [1.54, 1.807) is 0 Å². The third-order valence-corrected chi connectivity index (χ3v) is 14.1. The van der Waals surface area contributed by atoms with Gasteiger partial charge in [0.2, 0.25) is 0 Å². The van der Waals surface area contributed by atoms with Crippen LogP contribution in [0.25, 0.3) is 0 Å². The third kappa shape index (κ3) is 4.91. The second-order valence-electron chi connectivity index (χ2n) is 9.77. The zero-order valence-electron chi connectivity index (χ0n) is 19.6. The number of ketones is 1. The molecule has 1 rings (SSSR count). The standard InChI is InChI=1S/C23H40O3P2/c1-11-27(25,12-2)21(28(26,13-3)14-4)17-15-18(22(5,6)7)20(24)19(16-17)23(8,9)10/h15-16H,11-14H2,1-10H3. The van der Waals surface area contributed by atoms with Gasteiger partial charge in [-0.25, -0.2) is 0 Å². The molecule has 0 N–H and O–H groups in total. The number of carbonyl (C=O) groups is 1. The van der Waals surface area contributed by atoms with Crippen LogP contribution in [-0.4, -0.2) is 30.4 Å². The number of Topliss-reactive ketones (excluding diaryl/α,β-unsaturated/α-hetero) is 1. The molecule has 5 heteroatoms. The monoisotopic (exact) mass is 426 g/mol. The number of rotatable bonds is 6.